The van der Waals surface area contributed by atoms with Gasteiger partial charge in [-0.1, -0.05) is 0 Å². The number of carbonyl (C=O) groups excluding carboxylic acids is 4. The Kier molecular flexibility index (Phi) is 8.29. The van der Waals surface area contributed by atoms with Gasteiger partial charge in [0.2, 0.25) is 23.6 Å². The van der Waals surface area contributed by atoms with E-state index < -0.39 is 0 Å². The molecule has 118 valence electrons. The van der Waals surface area contributed by atoms with Crippen LogP contribution in [0.5, 0.6) is 0 Å². The summed E-state index contributed by atoms with van der Waals surface area (Å²) in [6.07, 6.45) is 5.88. The highest BCUT2D eigenvalue weighted by atomic mass is 127. The largest absolute Gasteiger partial charge is 0.274 e. The van der Waals surface area contributed by atoms with Crippen molar-refractivity contribution in [3.8, 4) is 0 Å². The Morgan fingerprint density at radius 2 is 0.864 bits per heavy atom. The van der Waals surface area contributed by atoms with Crippen LogP contribution >= 0.6 is 45.7 Å². The predicted octanol–water partition coefficient (Wildman–Crippen LogP) is 0.842. The summed E-state index contributed by atoms with van der Waals surface area (Å²) in [5, 5.41) is 0. The van der Waals surface area contributed by atoms with E-state index in [1.165, 1.54) is 19.0 Å². The standard InChI is InChI=1S/2C4H4INO2.C3H3N3/c2*5-6-3(7)1-2-4(6)8;1-4-2-6-3-5-1/h2*1-2H2;1-3H. The maximum absolute atomic E-state index is 10.5. The van der Waals surface area contributed by atoms with Crippen LogP contribution in [0.3, 0.4) is 0 Å². The van der Waals surface area contributed by atoms with Crippen LogP contribution in [-0.2, 0) is 19.2 Å². The number of hydrogen-bond acceptors (Lipinski definition) is 7. The van der Waals surface area contributed by atoms with E-state index in [9.17, 15) is 19.2 Å². The Labute approximate surface area is 153 Å². The van der Waals surface area contributed by atoms with Gasteiger partial charge in [-0.3, -0.25) is 19.2 Å². The summed E-state index contributed by atoms with van der Waals surface area (Å²) in [5.41, 5.74) is 0. The highest BCUT2D eigenvalue weighted by Crippen LogP contribution is 2.15. The van der Waals surface area contributed by atoms with Gasteiger partial charge in [0.05, 0.1) is 45.7 Å². The Bertz CT molecular complexity index is 464. The summed E-state index contributed by atoms with van der Waals surface area (Å²) in [6, 6.07) is 0. The second kappa shape index (κ2) is 9.70. The number of amides is 4. The summed E-state index contributed by atoms with van der Waals surface area (Å²) in [6.45, 7) is 0. The highest BCUT2D eigenvalue weighted by molar-refractivity contribution is 14.1. The van der Waals surface area contributed by atoms with E-state index in [2.05, 4.69) is 15.0 Å². The predicted molar refractivity (Wildman–Crippen MR) is 90.0 cm³/mol. The van der Waals surface area contributed by atoms with Crippen molar-refractivity contribution in [1.82, 2.24) is 21.2 Å². The molecule has 0 atom stereocenters. The molecule has 11 heteroatoms. The molecule has 1 aromatic heterocycles. The molecule has 9 nitrogen and oxygen atoms in total. The quantitative estimate of drug-likeness (QED) is 0.277. The normalized spacial score (nSPS) is 17.0. The zero-order valence-electron chi connectivity index (χ0n) is 11.2. The summed E-state index contributed by atoms with van der Waals surface area (Å²) < 4.78 is 2.27. The molecule has 0 N–H and O–H groups in total. The Balaban J connectivity index is 0.000000167. The van der Waals surface area contributed by atoms with Gasteiger partial charge in [0.1, 0.15) is 19.0 Å². The maximum Gasteiger partial charge on any atom is 0.238 e. The fourth-order valence-corrected chi connectivity index (χ4v) is 2.27. The van der Waals surface area contributed by atoms with Crippen molar-refractivity contribution in [2.75, 3.05) is 0 Å². The minimum atomic E-state index is -0.0735. The van der Waals surface area contributed by atoms with E-state index in [4.69, 9.17) is 0 Å². The zero-order chi connectivity index (χ0) is 16.5. The van der Waals surface area contributed by atoms with E-state index in [0.29, 0.717) is 25.7 Å². The third-order valence-corrected chi connectivity index (χ3v) is 4.53. The second-order valence-corrected chi connectivity index (χ2v) is 5.86. The van der Waals surface area contributed by atoms with Crippen LogP contribution in [-0.4, -0.2) is 44.8 Å². The minimum absolute atomic E-state index is 0.0735. The third kappa shape index (κ3) is 6.25. The molecule has 0 unspecified atom stereocenters. The summed E-state index contributed by atoms with van der Waals surface area (Å²) >= 11 is 3.44. The lowest BCUT2D eigenvalue weighted by Gasteiger charge is -1.97. The van der Waals surface area contributed by atoms with Gasteiger partial charge in [-0.2, -0.15) is 0 Å². The van der Waals surface area contributed by atoms with Crippen molar-refractivity contribution < 1.29 is 19.2 Å². The molecule has 3 heterocycles. The SMILES string of the molecule is O=C1CCC(=O)N1I.O=C1CCC(=O)N1I.c1ncncn1. The highest BCUT2D eigenvalue weighted by Gasteiger charge is 2.26. The summed E-state index contributed by atoms with van der Waals surface area (Å²) in [7, 11) is 0. The molecule has 4 amide bonds. The summed E-state index contributed by atoms with van der Waals surface area (Å²) in [4.78, 5) is 52.6. The van der Waals surface area contributed by atoms with Crippen LogP contribution in [0, 0.1) is 0 Å². The fourth-order valence-electron chi connectivity index (χ4n) is 1.30. The van der Waals surface area contributed by atoms with Gasteiger partial charge in [-0.25, -0.2) is 21.2 Å². The number of rotatable bonds is 0. The molecule has 2 fully saturated rings. The van der Waals surface area contributed by atoms with Crippen molar-refractivity contribution >= 4 is 69.4 Å². The second-order valence-electron chi connectivity index (χ2n) is 3.93. The van der Waals surface area contributed by atoms with Crippen molar-refractivity contribution in [1.29, 1.82) is 0 Å². The molecule has 0 aromatic carbocycles. The molecule has 0 aliphatic carbocycles. The molecular weight excluding hydrogens is 520 g/mol. The van der Waals surface area contributed by atoms with E-state index in [0.717, 1.165) is 6.23 Å². The Morgan fingerprint density at radius 3 is 0.955 bits per heavy atom. The number of hydrogen-bond donors (Lipinski definition) is 0. The number of aromatic nitrogens is 3. The van der Waals surface area contributed by atoms with Gasteiger partial charge in [-0.05, 0) is 0 Å². The van der Waals surface area contributed by atoms with E-state index in [1.54, 1.807) is 45.7 Å². The van der Waals surface area contributed by atoms with E-state index >= 15 is 0 Å². The lowest BCUT2D eigenvalue weighted by molar-refractivity contribution is -0.132. The van der Waals surface area contributed by atoms with Crippen LogP contribution in [0.2, 0.25) is 0 Å². The molecule has 2 aliphatic heterocycles. The topological polar surface area (TPSA) is 113 Å². The molecule has 3 rings (SSSR count). The van der Waals surface area contributed by atoms with Gasteiger partial charge >= 0.3 is 0 Å². The fraction of sp³-hybridized carbons (Fsp3) is 0.364. The van der Waals surface area contributed by atoms with Crippen LogP contribution in [0.1, 0.15) is 25.7 Å². The first kappa shape index (κ1) is 18.8. The molecule has 1 aromatic rings. The molecule has 0 saturated carbocycles. The van der Waals surface area contributed by atoms with Gasteiger partial charge in [0, 0.05) is 25.7 Å². The zero-order valence-corrected chi connectivity index (χ0v) is 15.5. The number of imide groups is 2. The molecular formula is C11H11I2N5O4. The lowest BCUT2D eigenvalue weighted by Crippen LogP contribution is -2.16. The Hall–Kier alpha value is -1.25. The average molecular weight is 531 g/mol. The van der Waals surface area contributed by atoms with E-state index in [-0.39, 0.29) is 23.6 Å². The van der Waals surface area contributed by atoms with Crippen LogP contribution in [0.4, 0.5) is 0 Å². The number of nitrogens with zero attached hydrogens (tertiary/aromatic N) is 5. The summed E-state index contributed by atoms with van der Waals surface area (Å²) in [5.74, 6) is -0.294. The maximum atomic E-state index is 10.5. The molecule has 0 radical (unpaired) electrons. The first-order valence-electron chi connectivity index (χ1n) is 6.01. The first-order valence-corrected chi connectivity index (χ1v) is 7.94. The molecule has 22 heavy (non-hydrogen) atoms. The van der Waals surface area contributed by atoms with Gasteiger partial charge in [0.15, 0.2) is 0 Å². The van der Waals surface area contributed by atoms with Gasteiger partial charge in [-0.15, -0.1) is 0 Å². The van der Waals surface area contributed by atoms with Crippen molar-refractivity contribution in [2.45, 2.75) is 25.7 Å². The van der Waals surface area contributed by atoms with Crippen molar-refractivity contribution in [2.24, 2.45) is 0 Å². The molecule has 0 spiro atoms. The van der Waals surface area contributed by atoms with Crippen LogP contribution in [0.15, 0.2) is 19.0 Å². The average Bonchev–Trinajstić information content (AvgIpc) is 3.00. The number of halogens is 2. The van der Waals surface area contributed by atoms with Crippen LogP contribution < -0.4 is 0 Å². The minimum Gasteiger partial charge on any atom is -0.274 e. The monoisotopic (exact) mass is 531 g/mol. The molecule has 0 bridgehead atoms. The van der Waals surface area contributed by atoms with Crippen molar-refractivity contribution in [3.63, 3.8) is 0 Å². The third-order valence-electron chi connectivity index (χ3n) is 2.38. The van der Waals surface area contributed by atoms with Crippen LogP contribution in [0.25, 0.3) is 0 Å². The molecule has 2 saturated heterocycles. The molecule has 2 aliphatic rings. The van der Waals surface area contributed by atoms with Gasteiger partial charge < -0.3 is 0 Å². The van der Waals surface area contributed by atoms with Crippen molar-refractivity contribution in [3.05, 3.63) is 19.0 Å². The van der Waals surface area contributed by atoms with Gasteiger partial charge in [0.25, 0.3) is 0 Å². The first-order chi connectivity index (χ1) is 10.4. The lowest BCUT2D eigenvalue weighted by atomic mass is 10.4. The van der Waals surface area contributed by atoms with E-state index in [1.807, 2.05) is 0 Å². The Morgan fingerprint density at radius 1 is 0.636 bits per heavy atom. The number of carbonyl (C=O) groups is 4. The smallest absolute Gasteiger partial charge is 0.238 e.